The summed E-state index contributed by atoms with van der Waals surface area (Å²) in [4.78, 5) is 19.4. The summed E-state index contributed by atoms with van der Waals surface area (Å²) < 4.78 is 5.13. The Balaban J connectivity index is 1.74. The number of amides is 1. The van der Waals surface area contributed by atoms with Gasteiger partial charge in [0.1, 0.15) is 19.2 Å². The number of aromatic nitrogens is 2. The Bertz CT molecular complexity index is 829. The minimum absolute atomic E-state index is 0.126. The van der Waals surface area contributed by atoms with Crippen molar-refractivity contribution in [1.82, 2.24) is 9.97 Å². The number of aromatic amines is 1. The fourth-order valence-electron chi connectivity index (χ4n) is 2.28. The van der Waals surface area contributed by atoms with Crippen molar-refractivity contribution in [1.29, 1.82) is 0 Å². The number of carbonyl (C=O) groups excluding carboxylic acids is 1. The van der Waals surface area contributed by atoms with Gasteiger partial charge in [-0.1, -0.05) is 17.6 Å². The number of methoxy groups -OCH3 is 1. The molecular formula is C16H14BN3O2. The number of carbonyl (C=O) groups is 1. The van der Waals surface area contributed by atoms with Crippen molar-refractivity contribution in [3.63, 3.8) is 0 Å². The van der Waals surface area contributed by atoms with Crippen molar-refractivity contribution in [3.8, 4) is 5.75 Å². The van der Waals surface area contributed by atoms with Crippen LogP contribution >= 0.6 is 0 Å². The number of rotatable bonds is 4. The third-order valence-corrected chi connectivity index (χ3v) is 3.33. The van der Waals surface area contributed by atoms with Crippen molar-refractivity contribution < 1.29 is 9.53 Å². The lowest BCUT2D eigenvalue weighted by atomic mass is 9.94. The molecule has 3 rings (SSSR count). The lowest BCUT2D eigenvalue weighted by Crippen LogP contribution is -2.14. The van der Waals surface area contributed by atoms with Crippen LogP contribution in [-0.2, 0) is 11.2 Å². The third-order valence-electron chi connectivity index (χ3n) is 3.33. The monoisotopic (exact) mass is 291 g/mol. The summed E-state index contributed by atoms with van der Waals surface area (Å²) in [6, 6.07) is 10.8. The zero-order valence-corrected chi connectivity index (χ0v) is 12.1. The van der Waals surface area contributed by atoms with E-state index in [0.29, 0.717) is 22.5 Å². The predicted molar refractivity (Wildman–Crippen MR) is 86.8 cm³/mol. The first kappa shape index (κ1) is 14.2. The number of anilines is 1. The average Bonchev–Trinajstić information content (AvgIpc) is 2.91. The Hall–Kier alpha value is -2.76. The van der Waals surface area contributed by atoms with Crippen LogP contribution in [0.3, 0.4) is 0 Å². The molecule has 0 aliphatic heterocycles. The van der Waals surface area contributed by atoms with Crippen LogP contribution in [0, 0.1) is 0 Å². The fourth-order valence-corrected chi connectivity index (χ4v) is 2.28. The maximum Gasteiger partial charge on any atom is 0.230 e. The van der Waals surface area contributed by atoms with Crippen molar-refractivity contribution in [2.75, 3.05) is 12.4 Å². The van der Waals surface area contributed by atoms with Crippen LogP contribution < -0.4 is 15.5 Å². The van der Waals surface area contributed by atoms with Gasteiger partial charge < -0.3 is 15.0 Å². The quantitative estimate of drug-likeness (QED) is 0.717. The molecule has 2 heterocycles. The summed E-state index contributed by atoms with van der Waals surface area (Å²) >= 11 is 0. The number of pyridine rings is 1. The van der Waals surface area contributed by atoms with E-state index < -0.39 is 0 Å². The second kappa shape index (κ2) is 5.93. The average molecular weight is 291 g/mol. The summed E-state index contributed by atoms with van der Waals surface area (Å²) in [6.07, 6.45) is 1.85. The second-order valence-electron chi connectivity index (χ2n) is 4.91. The molecule has 2 aromatic heterocycles. The van der Waals surface area contributed by atoms with Crippen LogP contribution in [-0.4, -0.2) is 30.8 Å². The highest BCUT2D eigenvalue weighted by atomic mass is 16.5. The Morgan fingerprint density at radius 3 is 3.00 bits per heavy atom. The molecule has 0 atom stereocenters. The number of benzene rings is 1. The molecule has 0 unspecified atom stereocenters. The standard InChI is InChI=1S/C16H14BN3O2/c1-22-12-4-2-3-10(7-12)19-15(21)9-11-8-13-14(17)5-6-18-16(13)20-11/h2-8H,9H2,1H3,(H,18,20)(H,19,21). The highest BCUT2D eigenvalue weighted by Gasteiger charge is 2.09. The number of H-pyrrole nitrogens is 1. The molecule has 1 amide bonds. The summed E-state index contributed by atoms with van der Waals surface area (Å²) in [7, 11) is 7.47. The molecule has 22 heavy (non-hydrogen) atoms. The van der Waals surface area contributed by atoms with E-state index in [9.17, 15) is 4.79 Å². The van der Waals surface area contributed by atoms with Crippen LogP contribution in [0.4, 0.5) is 5.69 Å². The topological polar surface area (TPSA) is 67.0 Å². The first-order chi connectivity index (χ1) is 10.7. The minimum atomic E-state index is -0.126. The zero-order chi connectivity index (χ0) is 15.5. The highest BCUT2D eigenvalue weighted by Crippen LogP contribution is 2.17. The Labute approximate surface area is 129 Å². The number of hydrogen-bond donors (Lipinski definition) is 2. The first-order valence-corrected chi connectivity index (χ1v) is 6.81. The van der Waals surface area contributed by atoms with Gasteiger partial charge in [0.05, 0.1) is 13.5 Å². The van der Waals surface area contributed by atoms with E-state index in [1.807, 2.05) is 24.3 Å². The number of nitrogens with one attached hydrogen (secondary N) is 2. The van der Waals surface area contributed by atoms with E-state index in [-0.39, 0.29) is 12.3 Å². The maximum atomic E-state index is 12.1. The lowest BCUT2D eigenvalue weighted by molar-refractivity contribution is -0.115. The van der Waals surface area contributed by atoms with Gasteiger partial charge in [-0.15, -0.1) is 0 Å². The van der Waals surface area contributed by atoms with Crippen molar-refractivity contribution in [2.24, 2.45) is 0 Å². The Morgan fingerprint density at radius 2 is 2.23 bits per heavy atom. The molecule has 5 nitrogen and oxygen atoms in total. The smallest absolute Gasteiger partial charge is 0.230 e. The van der Waals surface area contributed by atoms with E-state index in [0.717, 1.165) is 11.1 Å². The SMILES string of the molecule is [B]c1ccnc2[nH]c(CC(=O)Nc3cccc(OC)c3)cc12. The minimum Gasteiger partial charge on any atom is -0.497 e. The molecule has 0 saturated carbocycles. The van der Waals surface area contributed by atoms with Crippen molar-refractivity contribution in [3.05, 3.63) is 48.3 Å². The molecule has 2 N–H and O–H groups in total. The summed E-state index contributed by atoms with van der Waals surface area (Å²) in [5.41, 5.74) is 2.78. The molecule has 2 radical (unpaired) electrons. The normalized spacial score (nSPS) is 10.6. The number of nitrogens with zero attached hydrogens (tertiary/aromatic N) is 1. The van der Waals surface area contributed by atoms with E-state index in [4.69, 9.17) is 12.6 Å². The van der Waals surface area contributed by atoms with Gasteiger partial charge in [0.2, 0.25) is 5.91 Å². The predicted octanol–water partition coefficient (Wildman–Crippen LogP) is 1.55. The summed E-state index contributed by atoms with van der Waals surface area (Å²) in [5.74, 6) is 0.568. The van der Waals surface area contributed by atoms with Crippen LogP contribution in [0.1, 0.15) is 5.69 Å². The van der Waals surface area contributed by atoms with Gasteiger partial charge in [-0.05, 0) is 18.2 Å². The van der Waals surface area contributed by atoms with E-state index in [1.54, 1.807) is 25.4 Å². The summed E-state index contributed by atoms with van der Waals surface area (Å²) in [5, 5.41) is 3.66. The molecule has 3 aromatic rings. The van der Waals surface area contributed by atoms with Gasteiger partial charge in [0.15, 0.2) is 0 Å². The van der Waals surface area contributed by atoms with Crippen LogP contribution in [0.15, 0.2) is 42.6 Å². The molecule has 0 bridgehead atoms. The van der Waals surface area contributed by atoms with Gasteiger partial charge in [-0.2, -0.15) is 0 Å². The number of fused-ring (bicyclic) bond motifs is 1. The molecule has 1 aromatic carbocycles. The van der Waals surface area contributed by atoms with Crippen LogP contribution in [0.25, 0.3) is 11.0 Å². The Kier molecular flexibility index (Phi) is 3.83. The molecule has 0 aliphatic rings. The van der Waals surface area contributed by atoms with Gasteiger partial charge in [0.25, 0.3) is 0 Å². The fraction of sp³-hybridized carbons (Fsp3) is 0.125. The second-order valence-corrected chi connectivity index (χ2v) is 4.91. The first-order valence-electron chi connectivity index (χ1n) is 6.81. The largest absolute Gasteiger partial charge is 0.497 e. The summed E-state index contributed by atoms with van der Waals surface area (Å²) in [6.45, 7) is 0. The van der Waals surface area contributed by atoms with Gasteiger partial charge in [-0.3, -0.25) is 4.79 Å². The third kappa shape index (κ3) is 2.95. The number of hydrogen-bond acceptors (Lipinski definition) is 3. The molecular weight excluding hydrogens is 277 g/mol. The van der Waals surface area contributed by atoms with Gasteiger partial charge in [-0.25, -0.2) is 4.98 Å². The highest BCUT2D eigenvalue weighted by molar-refractivity contribution is 6.38. The molecule has 108 valence electrons. The van der Waals surface area contributed by atoms with Crippen molar-refractivity contribution in [2.45, 2.75) is 6.42 Å². The Morgan fingerprint density at radius 1 is 1.36 bits per heavy atom. The molecule has 0 aliphatic carbocycles. The van der Waals surface area contributed by atoms with E-state index >= 15 is 0 Å². The van der Waals surface area contributed by atoms with Crippen LogP contribution in [0.2, 0.25) is 0 Å². The zero-order valence-electron chi connectivity index (χ0n) is 12.1. The molecule has 0 fully saturated rings. The maximum absolute atomic E-state index is 12.1. The lowest BCUT2D eigenvalue weighted by Gasteiger charge is -2.06. The van der Waals surface area contributed by atoms with Gasteiger partial charge in [0, 0.05) is 29.0 Å². The van der Waals surface area contributed by atoms with Crippen LogP contribution in [0.5, 0.6) is 5.75 Å². The van der Waals surface area contributed by atoms with Gasteiger partial charge >= 0.3 is 0 Å². The molecule has 6 heteroatoms. The van der Waals surface area contributed by atoms with Crippen molar-refractivity contribution >= 4 is 35.9 Å². The van der Waals surface area contributed by atoms with E-state index in [2.05, 4.69) is 15.3 Å². The van der Waals surface area contributed by atoms with E-state index in [1.165, 1.54) is 0 Å². The molecule has 0 spiro atoms. The molecule has 0 saturated heterocycles. The number of ether oxygens (including phenoxy) is 1.